The molecule has 1 heterocycles. The molecular weight excluding hydrogens is 262 g/mol. The molecule has 0 bridgehead atoms. The third-order valence-corrected chi connectivity index (χ3v) is 4.66. The van der Waals surface area contributed by atoms with E-state index in [0.29, 0.717) is 5.02 Å². The van der Waals surface area contributed by atoms with Gasteiger partial charge in [0.25, 0.3) is 0 Å². The number of aromatic nitrogens is 1. The number of aryl methyl sites for hydroxylation is 1. The van der Waals surface area contributed by atoms with Gasteiger partial charge in [0.15, 0.2) is 0 Å². The molecule has 0 radical (unpaired) electrons. The smallest absolute Gasteiger partial charge is 0.314 e. The topological polar surface area (TPSA) is 42.2 Å². The van der Waals surface area contributed by atoms with E-state index in [0.717, 1.165) is 42.1 Å². The van der Waals surface area contributed by atoms with E-state index in [1.54, 1.807) is 0 Å². The third-order valence-electron chi connectivity index (χ3n) is 4.36. The van der Waals surface area contributed by atoms with Gasteiger partial charge in [0.05, 0.1) is 10.4 Å². The highest BCUT2D eigenvalue weighted by atomic mass is 35.5. The van der Waals surface area contributed by atoms with Crippen molar-refractivity contribution < 1.29 is 9.90 Å². The normalized spacial score (nSPS) is 18.0. The molecule has 1 saturated carbocycles. The van der Waals surface area contributed by atoms with Gasteiger partial charge in [-0.15, -0.1) is 0 Å². The number of carboxylic acids is 1. The maximum atomic E-state index is 11.7. The number of fused-ring (bicyclic) bond motifs is 1. The Morgan fingerprint density at radius 2 is 2.05 bits per heavy atom. The SMILES string of the molecule is Cn1cc(Cl)c2cc(C3(C(=O)O)CCCC3)ccc21. The molecule has 0 saturated heterocycles. The molecule has 0 aliphatic heterocycles. The van der Waals surface area contributed by atoms with Gasteiger partial charge in [-0.3, -0.25) is 4.79 Å². The zero-order valence-electron chi connectivity index (χ0n) is 10.8. The summed E-state index contributed by atoms with van der Waals surface area (Å²) in [6.45, 7) is 0. The van der Waals surface area contributed by atoms with Crippen molar-refractivity contribution in [2.75, 3.05) is 0 Å². The van der Waals surface area contributed by atoms with Crippen LogP contribution >= 0.6 is 11.6 Å². The van der Waals surface area contributed by atoms with E-state index in [-0.39, 0.29) is 0 Å². The van der Waals surface area contributed by atoms with Crippen LogP contribution < -0.4 is 0 Å². The summed E-state index contributed by atoms with van der Waals surface area (Å²) in [4.78, 5) is 11.7. The van der Waals surface area contributed by atoms with Crippen molar-refractivity contribution in [2.24, 2.45) is 7.05 Å². The Morgan fingerprint density at radius 1 is 1.37 bits per heavy atom. The van der Waals surface area contributed by atoms with Gasteiger partial charge < -0.3 is 9.67 Å². The summed E-state index contributed by atoms with van der Waals surface area (Å²) in [5, 5.41) is 11.2. The average Bonchev–Trinajstić information content (AvgIpc) is 2.97. The molecule has 1 aliphatic rings. The second-order valence-corrected chi connectivity index (χ2v) is 5.82. The molecule has 1 fully saturated rings. The van der Waals surface area contributed by atoms with E-state index in [1.807, 2.05) is 36.0 Å². The minimum Gasteiger partial charge on any atom is -0.481 e. The molecule has 1 aromatic heterocycles. The second-order valence-electron chi connectivity index (χ2n) is 5.41. The number of benzene rings is 1. The van der Waals surface area contributed by atoms with E-state index >= 15 is 0 Å². The lowest BCUT2D eigenvalue weighted by Gasteiger charge is -2.24. The molecule has 100 valence electrons. The number of nitrogens with zero attached hydrogens (tertiary/aromatic N) is 1. The molecule has 1 aliphatic carbocycles. The van der Waals surface area contributed by atoms with Crippen LogP contribution in [-0.2, 0) is 17.3 Å². The van der Waals surface area contributed by atoms with Gasteiger partial charge in [0.1, 0.15) is 0 Å². The number of hydrogen-bond acceptors (Lipinski definition) is 1. The number of rotatable bonds is 2. The number of hydrogen-bond donors (Lipinski definition) is 1. The summed E-state index contributed by atoms with van der Waals surface area (Å²) in [7, 11) is 1.94. The molecule has 0 spiro atoms. The van der Waals surface area contributed by atoms with Crippen molar-refractivity contribution in [3.63, 3.8) is 0 Å². The van der Waals surface area contributed by atoms with Crippen molar-refractivity contribution in [1.82, 2.24) is 4.57 Å². The van der Waals surface area contributed by atoms with Crippen molar-refractivity contribution in [2.45, 2.75) is 31.1 Å². The summed E-state index contributed by atoms with van der Waals surface area (Å²) in [6.07, 6.45) is 5.26. The highest BCUT2D eigenvalue weighted by Gasteiger charge is 2.43. The van der Waals surface area contributed by atoms with Crippen molar-refractivity contribution >= 4 is 28.5 Å². The van der Waals surface area contributed by atoms with Crippen LogP contribution in [0, 0.1) is 0 Å². The van der Waals surface area contributed by atoms with Crippen LogP contribution in [0.2, 0.25) is 5.02 Å². The fraction of sp³-hybridized carbons (Fsp3) is 0.400. The van der Waals surface area contributed by atoms with Crippen LogP contribution in [0.5, 0.6) is 0 Å². The minimum absolute atomic E-state index is 0.679. The predicted octanol–water partition coefficient (Wildman–Crippen LogP) is 3.73. The van der Waals surface area contributed by atoms with Crippen molar-refractivity contribution in [3.05, 3.63) is 35.0 Å². The predicted molar refractivity (Wildman–Crippen MR) is 75.7 cm³/mol. The summed E-state index contributed by atoms with van der Waals surface area (Å²) in [5.74, 6) is -0.712. The zero-order valence-corrected chi connectivity index (χ0v) is 11.6. The molecule has 0 atom stereocenters. The van der Waals surface area contributed by atoms with E-state index in [9.17, 15) is 9.90 Å². The van der Waals surface area contributed by atoms with Gasteiger partial charge in [-0.1, -0.05) is 30.5 Å². The maximum absolute atomic E-state index is 11.7. The molecule has 2 aromatic rings. The quantitative estimate of drug-likeness (QED) is 0.909. The molecule has 0 amide bonds. The lowest BCUT2D eigenvalue weighted by atomic mass is 9.78. The lowest BCUT2D eigenvalue weighted by molar-refractivity contribution is -0.143. The van der Waals surface area contributed by atoms with E-state index in [4.69, 9.17) is 11.6 Å². The Bertz CT molecular complexity index is 653. The zero-order chi connectivity index (χ0) is 13.6. The van der Waals surface area contributed by atoms with Crippen LogP contribution in [0.15, 0.2) is 24.4 Å². The van der Waals surface area contributed by atoms with Crippen LogP contribution in [0.4, 0.5) is 0 Å². The lowest BCUT2D eigenvalue weighted by Crippen LogP contribution is -2.32. The highest BCUT2D eigenvalue weighted by molar-refractivity contribution is 6.35. The van der Waals surface area contributed by atoms with Crippen LogP contribution in [-0.4, -0.2) is 15.6 Å². The van der Waals surface area contributed by atoms with Gasteiger partial charge in [-0.25, -0.2) is 0 Å². The Hall–Kier alpha value is -1.48. The summed E-state index contributed by atoms with van der Waals surface area (Å²) < 4.78 is 1.96. The second kappa shape index (κ2) is 4.27. The van der Waals surface area contributed by atoms with Gasteiger partial charge in [0, 0.05) is 24.1 Å². The molecule has 4 heteroatoms. The number of carbonyl (C=O) groups is 1. The standard InChI is InChI=1S/C15H16ClNO2/c1-17-9-12(16)11-8-10(4-5-13(11)17)15(14(18)19)6-2-3-7-15/h4-5,8-9H,2-3,6-7H2,1H3,(H,18,19). The monoisotopic (exact) mass is 277 g/mol. The first kappa shape index (κ1) is 12.5. The van der Waals surface area contributed by atoms with E-state index in [2.05, 4.69) is 0 Å². The van der Waals surface area contributed by atoms with Crippen molar-refractivity contribution in [1.29, 1.82) is 0 Å². The number of carboxylic acid groups (broad SMARTS) is 1. The Labute approximate surface area is 116 Å². The molecule has 3 rings (SSSR count). The Morgan fingerprint density at radius 3 is 2.68 bits per heavy atom. The molecule has 3 nitrogen and oxygen atoms in total. The third kappa shape index (κ3) is 1.76. The Balaban J connectivity index is 2.20. The van der Waals surface area contributed by atoms with E-state index < -0.39 is 11.4 Å². The van der Waals surface area contributed by atoms with Crippen LogP contribution in [0.25, 0.3) is 10.9 Å². The largest absolute Gasteiger partial charge is 0.481 e. The van der Waals surface area contributed by atoms with Crippen molar-refractivity contribution in [3.8, 4) is 0 Å². The summed E-state index contributed by atoms with van der Waals surface area (Å²) in [5.41, 5.74) is 1.21. The molecule has 0 unspecified atom stereocenters. The fourth-order valence-corrected chi connectivity index (χ4v) is 3.54. The van der Waals surface area contributed by atoms with Gasteiger partial charge in [-0.05, 0) is 30.5 Å². The summed E-state index contributed by atoms with van der Waals surface area (Å²) >= 11 is 6.21. The first-order chi connectivity index (χ1) is 9.04. The highest BCUT2D eigenvalue weighted by Crippen LogP contribution is 2.42. The minimum atomic E-state index is -0.715. The number of aliphatic carboxylic acids is 1. The van der Waals surface area contributed by atoms with Crippen LogP contribution in [0.1, 0.15) is 31.2 Å². The van der Waals surface area contributed by atoms with Gasteiger partial charge >= 0.3 is 5.97 Å². The maximum Gasteiger partial charge on any atom is 0.314 e. The average molecular weight is 278 g/mol. The van der Waals surface area contributed by atoms with Crippen LogP contribution in [0.3, 0.4) is 0 Å². The van der Waals surface area contributed by atoms with Gasteiger partial charge in [-0.2, -0.15) is 0 Å². The molecule has 19 heavy (non-hydrogen) atoms. The fourth-order valence-electron chi connectivity index (χ4n) is 3.25. The first-order valence-corrected chi connectivity index (χ1v) is 6.91. The molecule has 1 N–H and O–H groups in total. The van der Waals surface area contributed by atoms with E-state index in [1.165, 1.54) is 0 Å². The summed E-state index contributed by atoms with van der Waals surface area (Å²) in [6, 6.07) is 5.87. The Kier molecular flexibility index (Phi) is 2.82. The number of halogens is 1. The van der Waals surface area contributed by atoms with Gasteiger partial charge in [0.2, 0.25) is 0 Å². The molecule has 1 aromatic carbocycles. The first-order valence-electron chi connectivity index (χ1n) is 6.53. The molecular formula is C15H16ClNO2.